The average molecular weight is 448 g/mol. The molecule has 2 aromatic heterocycles. The second-order valence-corrected chi connectivity index (χ2v) is 8.82. The zero-order valence-electron chi connectivity index (χ0n) is 19.3. The van der Waals surface area contributed by atoms with Crippen LogP contribution in [-0.4, -0.2) is 29.8 Å². The van der Waals surface area contributed by atoms with Crippen LogP contribution >= 0.6 is 0 Å². The van der Waals surface area contributed by atoms with Gasteiger partial charge in [0.15, 0.2) is 5.82 Å². The number of hydrogen-bond donors (Lipinski definition) is 1. The number of aryl methyl sites for hydroxylation is 3. The van der Waals surface area contributed by atoms with Crippen LogP contribution in [0.2, 0.25) is 0 Å². The zero-order valence-corrected chi connectivity index (χ0v) is 19.3. The van der Waals surface area contributed by atoms with Crippen LogP contribution in [-0.2, 0) is 16.6 Å². The van der Waals surface area contributed by atoms with Gasteiger partial charge in [-0.3, -0.25) is 0 Å². The smallest absolute Gasteiger partial charge is 0.166 e. The molecule has 0 fully saturated rings. The number of rotatable bonds is 6. The van der Waals surface area contributed by atoms with Gasteiger partial charge in [-0.1, -0.05) is 19.9 Å². The van der Waals surface area contributed by atoms with E-state index in [0.29, 0.717) is 17.7 Å². The van der Waals surface area contributed by atoms with Gasteiger partial charge in [0, 0.05) is 17.0 Å². The van der Waals surface area contributed by atoms with Crippen molar-refractivity contribution < 1.29 is 18.3 Å². The van der Waals surface area contributed by atoms with Gasteiger partial charge in [0.1, 0.15) is 35.2 Å². The van der Waals surface area contributed by atoms with Gasteiger partial charge in [-0.25, -0.2) is 32.8 Å². The Labute approximate surface area is 185 Å². The third-order valence-electron chi connectivity index (χ3n) is 6.61. The van der Waals surface area contributed by atoms with Crippen LogP contribution in [0.1, 0.15) is 62.7 Å². The van der Waals surface area contributed by atoms with Crippen LogP contribution in [0.15, 0.2) is 24.5 Å². The Bertz CT molecular complexity index is 1160. The van der Waals surface area contributed by atoms with E-state index in [4.69, 9.17) is 0 Å². The molecule has 32 heavy (non-hydrogen) atoms. The highest BCUT2D eigenvalue weighted by atomic mass is 19.1. The molecule has 0 amide bonds. The molecule has 0 aliphatic heterocycles. The van der Waals surface area contributed by atoms with Crippen molar-refractivity contribution in [2.75, 3.05) is 0 Å². The van der Waals surface area contributed by atoms with E-state index in [1.807, 2.05) is 0 Å². The summed E-state index contributed by atoms with van der Waals surface area (Å²) in [6, 6.07) is 2.95. The highest BCUT2D eigenvalue weighted by Gasteiger charge is 2.61. The van der Waals surface area contributed by atoms with Gasteiger partial charge >= 0.3 is 0 Å². The van der Waals surface area contributed by atoms with Crippen molar-refractivity contribution >= 4 is 0 Å². The van der Waals surface area contributed by atoms with Crippen molar-refractivity contribution in [2.45, 2.75) is 71.4 Å². The fraction of sp³-hybridized carbons (Fsp3) is 0.478. The molecule has 0 unspecified atom stereocenters. The van der Waals surface area contributed by atoms with Crippen molar-refractivity contribution in [3.05, 3.63) is 70.6 Å². The number of benzene rings is 1. The second kappa shape index (κ2) is 7.95. The third-order valence-corrected chi connectivity index (χ3v) is 6.61. The van der Waals surface area contributed by atoms with Crippen LogP contribution in [0.5, 0.6) is 0 Å². The average Bonchev–Trinajstić information content (AvgIpc) is 3.16. The van der Waals surface area contributed by atoms with E-state index < -0.39 is 34.0 Å². The first-order chi connectivity index (χ1) is 14.8. The molecule has 1 aromatic carbocycles. The normalized spacial score (nSPS) is 16.0. The van der Waals surface area contributed by atoms with E-state index in [0.717, 1.165) is 6.07 Å². The first-order valence-corrected chi connectivity index (χ1v) is 10.4. The van der Waals surface area contributed by atoms with Gasteiger partial charge in [-0.2, -0.15) is 5.10 Å². The zero-order chi connectivity index (χ0) is 24.1. The fourth-order valence-electron chi connectivity index (χ4n) is 4.75. The Kier molecular flexibility index (Phi) is 5.93. The fourth-order valence-corrected chi connectivity index (χ4v) is 4.75. The topological polar surface area (TPSA) is 76.7 Å². The van der Waals surface area contributed by atoms with Crippen molar-refractivity contribution in [1.82, 2.24) is 24.7 Å². The predicted octanol–water partition coefficient (Wildman–Crippen LogP) is 4.40. The van der Waals surface area contributed by atoms with Crippen LogP contribution in [0.3, 0.4) is 0 Å². The molecular weight excluding hydrogens is 419 g/mol. The minimum atomic E-state index is -2.14. The van der Waals surface area contributed by atoms with Crippen molar-refractivity contribution in [2.24, 2.45) is 0 Å². The van der Waals surface area contributed by atoms with Crippen LogP contribution in [0.4, 0.5) is 13.2 Å². The number of aromatic nitrogens is 5. The summed E-state index contributed by atoms with van der Waals surface area (Å²) in [4.78, 5) is 12.6. The summed E-state index contributed by atoms with van der Waals surface area (Å²) < 4.78 is 46.0. The molecule has 0 spiro atoms. The van der Waals surface area contributed by atoms with Gasteiger partial charge in [-0.05, 0) is 47.1 Å². The minimum Gasteiger partial charge on any atom is -0.382 e. The summed E-state index contributed by atoms with van der Waals surface area (Å²) in [6.45, 7) is 11.5. The molecule has 3 rings (SSSR count). The van der Waals surface area contributed by atoms with Gasteiger partial charge in [0.2, 0.25) is 0 Å². The standard InChI is InChI=1S/C23H28F3N5O/c1-8-22(7,20-19(26)13(2)29-14(3)30-20)23(32,17-10-9-16(24)11-18(17)25)21(5,6)31-15(4)27-12-28-31/h9-12,32H,8H2,1-7H3/t22-,23+/m0/s1. The maximum atomic E-state index is 15.5. The molecule has 0 bridgehead atoms. The SMILES string of the molecule is CC[C@@](C)(c1nc(C)nc(C)c1F)[C@@](O)(c1ccc(F)cc1F)C(C)(C)n1ncnc1C. The number of nitrogens with zero attached hydrogens (tertiary/aromatic N) is 5. The van der Waals surface area contributed by atoms with E-state index in [9.17, 15) is 9.50 Å². The molecule has 6 nitrogen and oxygen atoms in total. The second-order valence-electron chi connectivity index (χ2n) is 8.82. The van der Waals surface area contributed by atoms with Gasteiger partial charge in [0.05, 0.1) is 16.9 Å². The maximum Gasteiger partial charge on any atom is 0.166 e. The Hall–Kier alpha value is -2.81. The van der Waals surface area contributed by atoms with Crippen molar-refractivity contribution in [3.8, 4) is 0 Å². The Morgan fingerprint density at radius 2 is 1.69 bits per heavy atom. The molecule has 0 radical (unpaired) electrons. The largest absolute Gasteiger partial charge is 0.382 e. The third kappa shape index (κ3) is 3.30. The Balaban J connectivity index is 2.48. The monoisotopic (exact) mass is 447 g/mol. The van der Waals surface area contributed by atoms with Crippen molar-refractivity contribution in [3.63, 3.8) is 0 Å². The number of halogens is 3. The lowest BCUT2D eigenvalue weighted by atomic mass is 9.58. The Morgan fingerprint density at radius 3 is 2.22 bits per heavy atom. The van der Waals surface area contributed by atoms with Gasteiger partial charge in [0.25, 0.3) is 0 Å². The molecule has 9 heteroatoms. The maximum absolute atomic E-state index is 15.5. The molecular formula is C23H28F3N5O. The number of aliphatic hydroxyl groups is 1. The molecule has 3 aromatic rings. The van der Waals surface area contributed by atoms with Crippen LogP contribution in [0, 0.1) is 38.2 Å². The molecule has 0 saturated heterocycles. The summed E-state index contributed by atoms with van der Waals surface area (Å²) in [5.74, 6) is -1.66. The lowest BCUT2D eigenvalue weighted by Gasteiger charge is -2.53. The van der Waals surface area contributed by atoms with Crippen LogP contribution in [0.25, 0.3) is 0 Å². The highest BCUT2D eigenvalue weighted by molar-refractivity contribution is 5.38. The van der Waals surface area contributed by atoms with E-state index in [2.05, 4.69) is 20.1 Å². The lowest BCUT2D eigenvalue weighted by molar-refractivity contribution is -0.135. The Morgan fingerprint density at radius 1 is 1.03 bits per heavy atom. The summed E-state index contributed by atoms with van der Waals surface area (Å²) in [7, 11) is 0. The van der Waals surface area contributed by atoms with E-state index in [1.165, 1.54) is 24.0 Å². The quantitative estimate of drug-likeness (QED) is 0.606. The summed E-state index contributed by atoms with van der Waals surface area (Å²) in [5.41, 5.74) is -5.12. The molecule has 2 heterocycles. The molecule has 0 saturated carbocycles. The first kappa shape index (κ1) is 23.8. The summed E-state index contributed by atoms with van der Waals surface area (Å²) >= 11 is 0. The predicted molar refractivity (Wildman–Crippen MR) is 113 cm³/mol. The lowest BCUT2D eigenvalue weighted by Crippen LogP contribution is -2.62. The summed E-state index contributed by atoms with van der Waals surface area (Å²) in [5, 5.41) is 16.8. The minimum absolute atomic E-state index is 0.0536. The van der Waals surface area contributed by atoms with Crippen molar-refractivity contribution in [1.29, 1.82) is 0 Å². The van der Waals surface area contributed by atoms with E-state index in [-0.39, 0.29) is 23.4 Å². The van der Waals surface area contributed by atoms with E-state index >= 15 is 8.78 Å². The molecule has 172 valence electrons. The van der Waals surface area contributed by atoms with Gasteiger partial charge in [-0.15, -0.1) is 0 Å². The molecule has 2 atom stereocenters. The van der Waals surface area contributed by atoms with Crippen LogP contribution < -0.4 is 0 Å². The molecule has 1 N–H and O–H groups in total. The first-order valence-electron chi connectivity index (χ1n) is 10.4. The van der Waals surface area contributed by atoms with Gasteiger partial charge < -0.3 is 5.11 Å². The number of hydrogen-bond acceptors (Lipinski definition) is 5. The highest BCUT2D eigenvalue weighted by Crippen LogP contribution is 2.54. The molecule has 0 aliphatic carbocycles. The van der Waals surface area contributed by atoms with E-state index in [1.54, 1.807) is 41.5 Å². The molecule has 0 aliphatic rings. The summed E-state index contributed by atoms with van der Waals surface area (Å²) in [6.07, 6.45) is 1.49.